The second-order valence-corrected chi connectivity index (χ2v) is 3.08. The summed E-state index contributed by atoms with van der Waals surface area (Å²) in [5.74, 6) is -2.50. The van der Waals surface area contributed by atoms with E-state index in [0.29, 0.717) is 12.4 Å². The molecule has 90 valence electrons. The quantitative estimate of drug-likeness (QED) is 0.550. The van der Waals surface area contributed by atoms with Crippen molar-refractivity contribution in [1.82, 2.24) is 4.57 Å². The molecular weight excluding hydrogens is 240 g/mol. The Morgan fingerprint density at radius 2 is 1.62 bits per heavy atom. The van der Waals surface area contributed by atoms with E-state index in [-0.39, 0.29) is 0 Å². The van der Waals surface area contributed by atoms with Gasteiger partial charge in [0.25, 0.3) is 5.78 Å². The van der Waals surface area contributed by atoms with Crippen LogP contribution >= 0.6 is 0 Å². The number of hydrogen-bond donors (Lipinski definition) is 0. The van der Waals surface area contributed by atoms with E-state index in [4.69, 9.17) is 0 Å². The van der Waals surface area contributed by atoms with Crippen LogP contribution in [0, 0.1) is 0 Å². The van der Waals surface area contributed by atoms with Gasteiger partial charge in [-0.3, -0.25) is 4.79 Å². The molecule has 0 radical (unpaired) electrons. The highest BCUT2D eigenvalue weighted by molar-refractivity contribution is 6.01. The van der Waals surface area contributed by atoms with Crippen LogP contribution < -0.4 is 0 Å². The summed E-state index contributed by atoms with van der Waals surface area (Å²) < 4.78 is 73.5. The molecule has 1 aromatic rings. The van der Waals surface area contributed by atoms with E-state index in [0.717, 1.165) is 11.6 Å². The van der Waals surface area contributed by atoms with Gasteiger partial charge in [-0.1, -0.05) is 0 Å². The Balaban J connectivity index is 3.30. The van der Waals surface area contributed by atoms with Gasteiger partial charge in [-0.15, -0.1) is 0 Å². The Morgan fingerprint density at radius 1 is 1.12 bits per heavy atom. The SMILES string of the molecule is Cn1cc(C(=O)C(F)(F)F)c(C(F)(F)F)c1. The first kappa shape index (κ1) is 12.6. The van der Waals surface area contributed by atoms with E-state index in [9.17, 15) is 31.1 Å². The van der Waals surface area contributed by atoms with Gasteiger partial charge >= 0.3 is 12.4 Å². The number of carbonyl (C=O) groups excluding carboxylic acids is 1. The smallest absolute Gasteiger partial charge is 0.356 e. The van der Waals surface area contributed by atoms with E-state index < -0.39 is 29.3 Å². The molecule has 1 heterocycles. The van der Waals surface area contributed by atoms with E-state index in [1.165, 1.54) is 0 Å². The minimum atomic E-state index is -5.32. The maximum atomic E-state index is 12.3. The second kappa shape index (κ2) is 3.53. The first-order valence-corrected chi connectivity index (χ1v) is 3.88. The minimum absolute atomic E-state index is 0.430. The van der Waals surface area contributed by atoms with Crippen LogP contribution in [0.1, 0.15) is 15.9 Å². The van der Waals surface area contributed by atoms with E-state index in [1.807, 2.05) is 0 Å². The molecule has 0 bridgehead atoms. The number of rotatable bonds is 1. The van der Waals surface area contributed by atoms with Crippen LogP contribution in [0.2, 0.25) is 0 Å². The lowest BCUT2D eigenvalue weighted by Gasteiger charge is -2.08. The Labute approximate surface area is 85.5 Å². The lowest BCUT2D eigenvalue weighted by atomic mass is 10.1. The predicted octanol–water partition coefficient (Wildman–Crippen LogP) is 2.79. The zero-order valence-corrected chi connectivity index (χ0v) is 7.78. The summed E-state index contributed by atoms with van der Waals surface area (Å²) in [5, 5.41) is 0. The molecule has 16 heavy (non-hydrogen) atoms. The van der Waals surface area contributed by atoms with Crippen molar-refractivity contribution in [3.05, 3.63) is 23.5 Å². The summed E-state index contributed by atoms with van der Waals surface area (Å²) in [6, 6.07) is 0. The molecule has 0 spiro atoms. The number of aromatic nitrogens is 1. The number of halogens is 6. The van der Waals surface area contributed by atoms with Gasteiger partial charge < -0.3 is 4.57 Å². The standard InChI is InChI=1S/C8H5F6NO/c1-15-2-4(6(16)8(12,13)14)5(3-15)7(9,10)11/h2-3H,1H3. The van der Waals surface area contributed by atoms with Crippen LogP contribution in [-0.4, -0.2) is 16.5 Å². The average Bonchev–Trinajstić information content (AvgIpc) is 2.43. The van der Waals surface area contributed by atoms with E-state index in [1.54, 1.807) is 0 Å². The Morgan fingerprint density at radius 3 is 2.00 bits per heavy atom. The van der Waals surface area contributed by atoms with E-state index >= 15 is 0 Å². The average molecular weight is 245 g/mol. The molecule has 0 saturated heterocycles. The third-order valence-corrected chi connectivity index (χ3v) is 1.76. The molecule has 1 aromatic heterocycles. The lowest BCUT2D eigenvalue weighted by molar-refractivity contribution is -0.138. The fourth-order valence-corrected chi connectivity index (χ4v) is 1.14. The fraction of sp³-hybridized carbons (Fsp3) is 0.375. The zero-order valence-electron chi connectivity index (χ0n) is 7.78. The Hall–Kier alpha value is -1.47. The third-order valence-electron chi connectivity index (χ3n) is 1.76. The minimum Gasteiger partial charge on any atom is -0.356 e. The molecule has 0 aromatic carbocycles. The van der Waals surface area contributed by atoms with Crippen LogP contribution in [0.4, 0.5) is 26.3 Å². The highest BCUT2D eigenvalue weighted by Crippen LogP contribution is 2.35. The fourth-order valence-electron chi connectivity index (χ4n) is 1.14. The highest BCUT2D eigenvalue weighted by atomic mass is 19.4. The number of ketones is 1. The van der Waals surface area contributed by atoms with Crippen LogP contribution in [0.15, 0.2) is 12.4 Å². The van der Waals surface area contributed by atoms with Gasteiger partial charge in [0.15, 0.2) is 0 Å². The number of carbonyl (C=O) groups is 1. The molecule has 0 unspecified atom stereocenters. The molecule has 0 amide bonds. The largest absolute Gasteiger partial charge is 0.454 e. The molecule has 0 aliphatic rings. The maximum absolute atomic E-state index is 12.3. The van der Waals surface area contributed by atoms with Crippen molar-refractivity contribution in [1.29, 1.82) is 0 Å². The normalized spacial score (nSPS) is 12.9. The number of nitrogens with zero attached hydrogens (tertiary/aromatic N) is 1. The predicted molar refractivity (Wildman–Crippen MR) is 40.8 cm³/mol. The van der Waals surface area contributed by atoms with Crippen molar-refractivity contribution >= 4 is 5.78 Å². The summed E-state index contributed by atoms with van der Waals surface area (Å²) in [6.45, 7) is 0. The van der Waals surface area contributed by atoms with Crippen LogP contribution in [0.25, 0.3) is 0 Å². The summed E-state index contributed by atoms with van der Waals surface area (Å²) in [5.41, 5.74) is -2.97. The van der Waals surface area contributed by atoms with Crippen molar-refractivity contribution < 1.29 is 31.1 Å². The monoisotopic (exact) mass is 245 g/mol. The van der Waals surface area contributed by atoms with Gasteiger partial charge in [-0.25, -0.2) is 0 Å². The Bertz CT molecular complexity index is 413. The van der Waals surface area contributed by atoms with Crippen LogP contribution in [-0.2, 0) is 13.2 Å². The van der Waals surface area contributed by atoms with Gasteiger partial charge in [0.05, 0.1) is 11.1 Å². The molecule has 0 aliphatic heterocycles. The van der Waals surface area contributed by atoms with Gasteiger partial charge in [0.2, 0.25) is 0 Å². The van der Waals surface area contributed by atoms with Crippen molar-refractivity contribution in [2.75, 3.05) is 0 Å². The molecule has 2 nitrogen and oxygen atoms in total. The highest BCUT2D eigenvalue weighted by Gasteiger charge is 2.45. The van der Waals surface area contributed by atoms with Crippen molar-refractivity contribution in [2.45, 2.75) is 12.4 Å². The summed E-state index contributed by atoms with van der Waals surface area (Å²) in [4.78, 5) is 10.7. The molecule has 8 heteroatoms. The zero-order chi connectivity index (χ0) is 12.7. The first-order valence-electron chi connectivity index (χ1n) is 3.88. The second-order valence-electron chi connectivity index (χ2n) is 3.08. The number of Topliss-reactive ketones (excluding diaryl/α,β-unsaturated/α-hetero) is 1. The summed E-state index contributed by atoms with van der Waals surface area (Å²) in [6.07, 6.45) is -9.38. The summed E-state index contributed by atoms with van der Waals surface area (Å²) >= 11 is 0. The van der Waals surface area contributed by atoms with Gasteiger partial charge in [-0.2, -0.15) is 26.3 Å². The first-order chi connectivity index (χ1) is 7.03. The van der Waals surface area contributed by atoms with Crippen molar-refractivity contribution in [3.63, 3.8) is 0 Å². The molecular formula is C8H5F6NO. The lowest BCUT2D eigenvalue weighted by Crippen LogP contribution is -2.24. The summed E-state index contributed by atoms with van der Waals surface area (Å²) in [7, 11) is 1.10. The van der Waals surface area contributed by atoms with Crippen molar-refractivity contribution in [2.24, 2.45) is 7.05 Å². The van der Waals surface area contributed by atoms with Gasteiger partial charge in [-0.05, 0) is 0 Å². The number of hydrogen-bond acceptors (Lipinski definition) is 1. The van der Waals surface area contributed by atoms with Crippen LogP contribution in [0.5, 0.6) is 0 Å². The maximum Gasteiger partial charge on any atom is 0.454 e. The topological polar surface area (TPSA) is 22.0 Å². The van der Waals surface area contributed by atoms with Gasteiger partial charge in [0.1, 0.15) is 0 Å². The molecule has 0 aliphatic carbocycles. The van der Waals surface area contributed by atoms with Crippen molar-refractivity contribution in [3.8, 4) is 0 Å². The Kier molecular flexibility index (Phi) is 2.78. The molecule has 1 rings (SSSR count). The third kappa shape index (κ3) is 2.37. The molecule has 0 saturated carbocycles. The number of alkyl halides is 6. The molecule has 0 N–H and O–H groups in total. The van der Waals surface area contributed by atoms with Crippen LogP contribution in [0.3, 0.4) is 0 Å². The molecule has 0 atom stereocenters. The van der Waals surface area contributed by atoms with Gasteiger partial charge in [0, 0.05) is 19.4 Å². The van der Waals surface area contributed by atoms with E-state index in [2.05, 4.69) is 0 Å². The molecule has 0 fully saturated rings. The number of aryl methyl sites for hydroxylation is 1.